The number of para-hydroxylation sites is 1. The zero-order chi connectivity index (χ0) is 12.7. The van der Waals surface area contributed by atoms with Crippen LogP contribution in [0.15, 0.2) is 53.0 Å². The molecule has 0 aliphatic heterocycles. The van der Waals surface area contributed by atoms with Crippen LogP contribution in [0.2, 0.25) is 0 Å². The van der Waals surface area contributed by atoms with Gasteiger partial charge in [-0.25, -0.2) is 4.09 Å². The molecule has 0 spiro atoms. The van der Waals surface area contributed by atoms with Crippen molar-refractivity contribution < 1.29 is 5.11 Å². The molecule has 2 aromatic carbocycles. The molecule has 3 rings (SSSR count). The van der Waals surface area contributed by atoms with E-state index in [0.29, 0.717) is 5.69 Å². The van der Waals surface area contributed by atoms with Gasteiger partial charge in [-0.1, -0.05) is 40.2 Å². The van der Waals surface area contributed by atoms with Crippen molar-refractivity contribution in [2.24, 2.45) is 0 Å². The minimum absolute atomic E-state index is 0.211. The van der Waals surface area contributed by atoms with Crippen molar-refractivity contribution in [2.75, 3.05) is 0 Å². The Labute approximate surface area is 118 Å². The maximum Gasteiger partial charge on any atom is 0.150 e. The molecule has 0 radical (unpaired) electrons. The molecule has 0 bridgehead atoms. The molecule has 1 heterocycles. The first-order valence-electron chi connectivity index (χ1n) is 5.43. The highest BCUT2D eigenvalue weighted by Crippen LogP contribution is 2.39. The highest BCUT2D eigenvalue weighted by Gasteiger charge is 2.16. The smallest absolute Gasteiger partial charge is 0.150 e. The predicted molar refractivity (Wildman–Crippen MR) is 78.0 cm³/mol. The molecule has 0 aliphatic carbocycles. The van der Waals surface area contributed by atoms with Gasteiger partial charge in [-0.2, -0.15) is 0 Å². The van der Waals surface area contributed by atoms with Gasteiger partial charge >= 0.3 is 0 Å². The van der Waals surface area contributed by atoms with Gasteiger partial charge in [-0.3, -0.25) is 0 Å². The summed E-state index contributed by atoms with van der Waals surface area (Å²) in [6, 6.07) is 15.2. The van der Waals surface area contributed by atoms with Crippen LogP contribution >= 0.6 is 27.7 Å². The predicted octanol–water partition coefficient (Wildman–Crippen LogP) is 4.78. The van der Waals surface area contributed by atoms with E-state index in [9.17, 15) is 5.11 Å². The van der Waals surface area contributed by atoms with Crippen LogP contribution in [0, 0.1) is 0 Å². The van der Waals surface area contributed by atoms with Crippen LogP contribution in [-0.2, 0) is 0 Å². The summed E-state index contributed by atoms with van der Waals surface area (Å²) in [6.45, 7) is 0. The minimum Gasteiger partial charge on any atom is -0.505 e. The average Bonchev–Trinajstić information content (AvgIpc) is 2.64. The summed E-state index contributed by atoms with van der Waals surface area (Å²) in [7, 11) is 0. The molecular formula is C14H9BrClNO. The van der Waals surface area contributed by atoms with Crippen molar-refractivity contribution in [2.45, 2.75) is 0 Å². The van der Waals surface area contributed by atoms with E-state index < -0.39 is 0 Å². The zero-order valence-electron chi connectivity index (χ0n) is 9.27. The normalized spacial score (nSPS) is 11.0. The molecule has 0 atom stereocenters. The fraction of sp³-hybridized carbons (Fsp3) is 0. The second-order valence-electron chi connectivity index (χ2n) is 4.00. The molecule has 2 nitrogen and oxygen atoms in total. The molecule has 1 N–H and O–H groups in total. The van der Waals surface area contributed by atoms with Gasteiger partial charge in [0.2, 0.25) is 0 Å². The second kappa shape index (κ2) is 4.34. The summed E-state index contributed by atoms with van der Waals surface area (Å²) >= 11 is 9.67. The number of hydrogen-bond donors (Lipinski definition) is 1. The fourth-order valence-electron chi connectivity index (χ4n) is 2.04. The molecule has 0 unspecified atom stereocenters. The number of rotatable bonds is 1. The number of aromatic hydroxyl groups is 1. The maximum atomic E-state index is 10.3. The van der Waals surface area contributed by atoms with E-state index in [2.05, 4.69) is 15.9 Å². The lowest BCUT2D eigenvalue weighted by Gasteiger charge is -2.03. The molecule has 18 heavy (non-hydrogen) atoms. The van der Waals surface area contributed by atoms with Gasteiger partial charge in [-0.05, 0) is 24.3 Å². The molecule has 3 aromatic rings. The summed E-state index contributed by atoms with van der Waals surface area (Å²) in [5.74, 6) is 0.211. The van der Waals surface area contributed by atoms with Crippen molar-refractivity contribution in [3.8, 4) is 17.0 Å². The summed E-state index contributed by atoms with van der Waals surface area (Å²) in [6.07, 6.45) is 0. The lowest BCUT2D eigenvalue weighted by molar-refractivity contribution is 0.483. The standard InChI is InChI=1S/C14H9BrClNO/c15-10-7-5-9(6-8-10)13-14(18)11-3-1-2-4-12(11)17(13)16/h1-8,18H. The van der Waals surface area contributed by atoms with Crippen LogP contribution in [-0.4, -0.2) is 9.19 Å². The van der Waals surface area contributed by atoms with E-state index in [1.54, 1.807) is 0 Å². The van der Waals surface area contributed by atoms with E-state index >= 15 is 0 Å². The lowest BCUT2D eigenvalue weighted by atomic mass is 10.1. The Balaban J connectivity index is 2.32. The van der Waals surface area contributed by atoms with Crippen LogP contribution in [0.4, 0.5) is 0 Å². The molecular weight excluding hydrogens is 314 g/mol. The number of nitrogens with zero attached hydrogens (tertiary/aromatic N) is 1. The molecule has 1 aromatic heterocycles. The average molecular weight is 323 g/mol. The molecule has 0 fully saturated rings. The van der Waals surface area contributed by atoms with E-state index in [0.717, 1.165) is 20.9 Å². The molecule has 0 saturated heterocycles. The fourth-order valence-corrected chi connectivity index (χ4v) is 2.63. The number of hydrogen-bond acceptors (Lipinski definition) is 1. The Bertz CT molecular complexity index is 679. The van der Waals surface area contributed by atoms with Crippen LogP contribution in [0.25, 0.3) is 22.2 Å². The van der Waals surface area contributed by atoms with Crippen molar-refractivity contribution in [1.82, 2.24) is 4.09 Å². The van der Waals surface area contributed by atoms with E-state index in [1.807, 2.05) is 48.5 Å². The van der Waals surface area contributed by atoms with Gasteiger partial charge in [0.25, 0.3) is 0 Å². The second-order valence-corrected chi connectivity index (χ2v) is 5.26. The first kappa shape index (κ1) is 11.6. The molecule has 90 valence electrons. The van der Waals surface area contributed by atoms with E-state index in [1.165, 1.54) is 4.09 Å². The molecule has 0 saturated carbocycles. The SMILES string of the molecule is Oc1c(-c2ccc(Br)cc2)n(Cl)c2ccccc12. The Hall–Kier alpha value is -1.45. The van der Waals surface area contributed by atoms with Gasteiger partial charge in [-0.15, -0.1) is 0 Å². The van der Waals surface area contributed by atoms with Crippen molar-refractivity contribution >= 4 is 38.6 Å². The largest absolute Gasteiger partial charge is 0.505 e. The van der Waals surface area contributed by atoms with Gasteiger partial charge in [0.1, 0.15) is 5.69 Å². The van der Waals surface area contributed by atoms with Gasteiger partial charge < -0.3 is 5.11 Å². The first-order chi connectivity index (χ1) is 8.68. The number of benzene rings is 2. The number of halogens is 2. The third-order valence-corrected chi connectivity index (χ3v) is 3.79. The monoisotopic (exact) mass is 321 g/mol. The Morgan fingerprint density at radius 3 is 2.33 bits per heavy atom. The van der Waals surface area contributed by atoms with Gasteiger partial charge in [0, 0.05) is 27.2 Å². The molecule has 4 heteroatoms. The topological polar surface area (TPSA) is 25.2 Å². The maximum absolute atomic E-state index is 10.3. The summed E-state index contributed by atoms with van der Waals surface area (Å²) in [4.78, 5) is 0. The van der Waals surface area contributed by atoms with Gasteiger partial charge in [0.05, 0.1) is 5.52 Å². The third kappa shape index (κ3) is 1.71. The first-order valence-corrected chi connectivity index (χ1v) is 6.56. The number of aromatic nitrogens is 1. The van der Waals surface area contributed by atoms with Crippen LogP contribution in [0.1, 0.15) is 0 Å². The van der Waals surface area contributed by atoms with E-state index in [-0.39, 0.29) is 5.75 Å². The number of fused-ring (bicyclic) bond motifs is 1. The summed E-state index contributed by atoms with van der Waals surface area (Å²) in [5.41, 5.74) is 2.29. The summed E-state index contributed by atoms with van der Waals surface area (Å²) in [5, 5.41) is 11.0. The van der Waals surface area contributed by atoms with Crippen molar-refractivity contribution in [3.63, 3.8) is 0 Å². The highest BCUT2D eigenvalue weighted by atomic mass is 79.9. The van der Waals surface area contributed by atoms with Crippen LogP contribution in [0.3, 0.4) is 0 Å². The minimum atomic E-state index is 0.211. The van der Waals surface area contributed by atoms with Gasteiger partial charge in [0.15, 0.2) is 5.75 Å². The van der Waals surface area contributed by atoms with E-state index in [4.69, 9.17) is 11.8 Å². The quantitative estimate of drug-likeness (QED) is 0.685. The molecule has 0 amide bonds. The Morgan fingerprint density at radius 1 is 1.00 bits per heavy atom. The highest BCUT2D eigenvalue weighted by molar-refractivity contribution is 9.10. The van der Waals surface area contributed by atoms with Crippen LogP contribution in [0.5, 0.6) is 5.75 Å². The van der Waals surface area contributed by atoms with Crippen molar-refractivity contribution in [1.29, 1.82) is 0 Å². The lowest BCUT2D eigenvalue weighted by Crippen LogP contribution is -1.85. The summed E-state index contributed by atoms with van der Waals surface area (Å²) < 4.78 is 2.48. The Kier molecular flexibility index (Phi) is 2.80. The zero-order valence-corrected chi connectivity index (χ0v) is 11.6. The van der Waals surface area contributed by atoms with Crippen molar-refractivity contribution in [3.05, 3.63) is 53.0 Å². The Morgan fingerprint density at radius 2 is 1.67 bits per heavy atom. The molecule has 0 aliphatic rings. The third-order valence-electron chi connectivity index (χ3n) is 2.91. The van der Waals surface area contributed by atoms with Crippen LogP contribution < -0.4 is 0 Å².